The van der Waals surface area contributed by atoms with E-state index in [9.17, 15) is 10.1 Å². The van der Waals surface area contributed by atoms with Crippen LogP contribution in [0.1, 0.15) is 32.1 Å². The summed E-state index contributed by atoms with van der Waals surface area (Å²) in [4.78, 5) is 19.1. The molecule has 126 valence electrons. The van der Waals surface area contributed by atoms with Gasteiger partial charge in [0.1, 0.15) is 12.4 Å². The second-order valence-electron chi connectivity index (χ2n) is 5.62. The van der Waals surface area contributed by atoms with E-state index in [2.05, 4.69) is 31.2 Å². The fourth-order valence-electron chi connectivity index (χ4n) is 2.74. The van der Waals surface area contributed by atoms with Crippen LogP contribution in [0.5, 0.6) is 5.88 Å². The van der Waals surface area contributed by atoms with Gasteiger partial charge in [-0.25, -0.2) is 4.98 Å². The molecule has 1 aliphatic carbocycles. The molecule has 0 saturated heterocycles. The summed E-state index contributed by atoms with van der Waals surface area (Å²) in [6.07, 6.45) is 6.38. The van der Waals surface area contributed by atoms with E-state index in [1.165, 1.54) is 12.7 Å². The minimum Gasteiger partial charge on any atom is -0.469 e. The first-order valence-electron chi connectivity index (χ1n) is 7.83. The van der Waals surface area contributed by atoms with E-state index < -0.39 is 4.92 Å². The summed E-state index contributed by atoms with van der Waals surface area (Å²) in [5.74, 6) is 0.143. The van der Waals surface area contributed by atoms with Gasteiger partial charge in [0.25, 0.3) is 5.88 Å². The number of rotatable bonds is 5. The zero-order valence-electron chi connectivity index (χ0n) is 12.9. The molecule has 0 amide bonds. The van der Waals surface area contributed by atoms with Gasteiger partial charge in [-0.05, 0) is 53.7 Å². The lowest BCUT2D eigenvalue weighted by atomic mass is 9.98. The Morgan fingerprint density at radius 1 is 1.21 bits per heavy atom. The van der Waals surface area contributed by atoms with E-state index in [1.807, 2.05) is 18.2 Å². The van der Waals surface area contributed by atoms with Crippen molar-refractivity contribution < 1.29 is 9.66 Å². The fraction of sp³-hybridized carbons (Fsp3) is 0.375. The number of para-hydroxylation sites is 1. The highest BCUT2D eigenvalue weighted by Gasteiger charge is 2.27. The lowest BCUT2D eigenvalue weighted by Gasteiger charge is -2.22. The molecule has 24 heavy (non-hydrogen) atoms. The molecule has 1 aromatic heterocycles. The molecule has 0 spiro atoms. The molecule has 0 atom stereocenters. The lowest BCUT2D eigenvalue weighted by Crippen LogP contribution is -2.21. The van der Waals surface area contributed by atoms with Crippen molar-refractivity contribution in [3.63, 3.8) is 0 Å². The minimum absolute atomic E-state index is 0.0244. The molecule has 0 radical (unpaired) electrons. The van der Waals surface area contributed by atoms with Gasteiger partial charge in [-0.2, -0.15) is 4.98 Å². The molecule has 3 rings (SSSR count). The summed E-state index contributed by atoms with van der Waals surface area (Å²) in [6.45, 7) is 0. The number of nitrogens with one attached hydrogen (secondary N) is 1. The molecular formula is C16H17BrN4O3. The average Bonchev–Trinajstić information content (AvgIpc) is 2.58. The van der Waals surface area contributed by atoms with E-state index in [0.29, 0.717) is 5.69 Å². The van der Waals surface area contributed by atoms with Crippen molar-refractivity contribution in [2.45, 2.75) is 38.2 Å². The lowest BCUT2D eigenvalue weighted by molar-refractivity contribution is -0.385. The highest BCUT2D eigenvalue weighted by Crippen LogP contribution is 2.36. The zero-order valence-corrected chi connectivity index (χ0v) is 14.5. The molecule has 0 unspecified atom stereocenters. The van der Waals surface area contributed by atoms with Crippen molar-refractivity contribution in [2.24, 2.45) is 0 Å². The van der Waals surface area contributed by atoms with E-state index >= 15 is 0 Å². The predicted octanol–water partition coefficient (Wildman–Crippen LogP) is 4.60. The molecule has 0 bridgehead atoms. The molecule has 1 fully saturated rings. The summed E-state index contributed by atoms with van der Waals surface area (Å²) in [6, 6.07) is 7.34. The molecule has 0 aliphatic heterocycles. The molecule has 1 heterocycles. The third-order valence-corrected chi connectivity index (χ3v) is 4.62. The van der Waals surface area contributed by atoms with Gasteiger partial charge < -0.3 is 10.1 Å². The Morgan fingerprint density at radius 2 is 1.96 bits per heavy atom. The maximum atomic E-state index is 11.6. The minimum atomic E-state index is -0.503. The van der Waals surface area contributed by atoms with Crippen LogP contribution in [0.15, 0.2) is 35.1 Å². The molecule has 8 heteroatoms. The first kappa shape index (κ1) is 16.6. The van der Waals surface area contributed by atoms with E-state index in [0.717, 1.165) is 30.2 Å². The number of ether oxygens (including phenoxy) is 1. The van der Waals surface area contributed by atoms with E-state index in [1.54, 1.807) is 6.07 Å². The van der Waals surface area contributed by atoms with Gasteiger partial charge in [0, 0.05) is 4.47 Å². The van der Waals surface area contributed by atoms with Crippen LogP contribution >= 0.6 is 15.9 Å². The van der Waals surface area contributed by atoms with Crippen LogP contribution in [0, 0.1) is 10.1 Å². The highest BCUT2D eigenvalue weighted by molar-refractivity contribution is 9.10. The van der Waals surface area contributed by atoms with Crippen LogP contribution in [0.4, 0.5) is 17.2 Å². The summed E-state index contributed by atoms with van der Waals surface area (Å²) >= 11 is 3.41. The molecule has 1 aromatic carbocycles. The Morgan fingerprint density at radius 3 is 2.67 bits per heavy atom. The number of hydrogen-bond donors (Lipinski definition) is 1. The van der Waals surface area contributed by atoms with Crippen molar-refractivity contribution in [1.82, 2.24) is 9.97 Å². The second kappa shape index (κ2) is 7.57. The topological polar surface area (TPSA) is 90.2 Å². The fourth-order valence-corrected chi connectivity index (χ4v) is 3.12. The Kier molecular flexibility index (Phi) is 5.24. The van der Waals surface area contributed by atoms with Gasteiger partial charge in [0.05, 0.1) is 10.6 Å². The maximum absolute atomic E-state index is 11.6. The smallest absolute Gasteiger partial charge is 0.373 e. The molecule has 1 N–H and O–H groups in total. The van der Waals surface area contributed by atoms with Crippen molar-refractivity contribution in [1.29, 1.82) is 0 Å². The number of hydrogen-bond acceptors (Lipinski definition) is 6. The number of nitro groups is 1. The van der Waals surface area contributed by atoms with Crippen molar-refractivity contribution >= 4 is 33.1 Å². The first-order chi connectivity index (χ1) is 11.6. The summed E-state index contributed by atoms with van der Waals surface area (Å²) in [7, 11) is 0. The third-order valence-electron chi connectivity index (χ3n) is 3.93. The van der Waals surface area contributed by atoms with Crippen molar-refractivity contribution in [3.8, 4) is 5.88 Å². The monoisotopic (exact) mass is 392 g/mol. The SMILES string of the molecule is O=[N+]([O-])c1c(Nc2ccccc2Br)ncnc1OC1CCCCC1. The van der Waals surface area contributed by atoms with Gasteiger partial charge in [0.15, 0.2) is 0 Å². The normalized spacial score (nSPS) is 15.0. The van der Waals surface area contributed by atoms with Crippen LogP contribution in [-0.2, 0) is 0 Å². The standard InChI is InChI=1S/C16H17BrN4O3/c17-12-8-4-5-9-13(12)20-15-14(21(22)23)16(19-10-18-15)24-11-6-2-1-3-7-11/h4-5,8-11H,1-3,6-7H2,(H,18,19,20). The molecule has 1 aliphatic rings. The quantitative estimate of drug-likeness (QED) is 0.590. The Balaban J connectivity index is 1.90. The number of nitrogens with zero attached hydrogens (tertiary/aromatic N) is 3. The number of aromatic nitrogens is 2. The largest absolute Gasteiger partial charge is 0.469 e. The van der Waals surface area contributed by atoms with Crippen LogP contribution in [-0.4, -0.2) is 21.0 Å². The first-order valence-corrected chi connectivity index (χ1v) is 8.62. The Hall–Kier alpha value is -2.22. The van der Waals surface area contributed by atoms with Crippen LogP contribution < -0.4 is 10.1 Å². The molecule has 1 saturated carbocycles. The Labute approximate surface area is 147 Å². The molecular weight excluding hydrogens is 376 g/mol. The maximum Gasteiger partial charge on any atom is 0.373 e. The van der Waals surface area contributed by atoms with Crippen LogP contribution in [0.2, 0.25) is 0 Å². The highest BCUT2D eigenvalue weighted by atomic mass is 79.9. The molecule has 2 aromatic rings. The number of halogens is 1. The van der Waals surface area contributed by atoms with E-state index in [-0.39, 0.29) is 23.5 Å². The molecule has 7 nitrogen and oxygen atoms in total. The third kappa shape index (κ3) is 3.81. The van der Waals surface area contributed by atoms with E-state index in [4.69, 9.17) is 4.74 Å². The predicted molar refractivity (Wildman–Crippen MR) is 93.6 cm³/mol. The van der Waals surface area contributed by atoms with Gasteiger partial charge in [-0.15, -0.1) is 0 Å². The van der Waals surface area contributed by atoms with Gasteiger partial charge >= 0.3 is 5.69 Å². The number of anilines is 2. The van der Waals surface area contributed by atoms with Crippen LogP contribution in [0.25, 0.3) is 0 Å². The summed E-state index contributed by atoms with van der Waals surface area (Å²) in [5.41, 5.74) is 0.446. The van der Waals surface area contributed by atoms with Crippen molar-refractivity contribution in [2.75, 3.05) is 5.32 Å². The summed E-state index contributed by atoms with van der Waals surface area (Å²) < 4.78 is 6.60. The van der Waals surface area contributed by atoms with Gasteiger partial charge in [0.2, 0.25) is 5.82 Å². The number of benzene rings is 1. The van der Waals surface area contributed by atoms with Crippen molar-refractivity contribution in [3.05, 3.63) is 45.2 Å². The second-order valence-corrected chi connectivity index (χ2v) is 6.47. The average molecular weight is 393 g/mol. The zero-order chi connectivity index (χ0) is 16.9. The Bertz CT molecular complexity index is 735. The van der Waals surface area contributed by atoms with Gasteiger partial charge in [-0.3, -0.25) is 10.1 Å². The van der Waals surface area contributed by atoms with Crippen LogP contribution in [0.3, 0.4) is 0 Å². The van der Waals surface area contributed by atoms with Gasteiger partial charge in [-0.1, -0.05) is 18.6 Å². The summed E-state index contributed by atoms with van der Waals surface area (Å²) in [5, 5.41) is 14.5.